The molecule has 0 heterocycles. The monoisotopic (exact) mass is 279 g/mol. The van der Waals surface area contributed by atoms with Gasteiger partial charge in [0.05, 0.1) is 6.42 Å². The van der Waals surface area contributed by atoms with E-state index in [1.165, 1.54) is 25.7 Å². The Kier molecular flexibility index (Phi) is 7.65. The van der Waals surface area contributed by atoms with Gasteiger partial charge in [-0.15, -0.1) is 12.6 Å². The van der Waals surface area contributed by atoms with Gasteiger partial charge in [-0.25, -0.2) is 0 Å². The number of carbonyl (C=O) groups is 1. The van der Waals surface area contributed by atoms with Gasteiger partial charge in [0, 0.05) is 10.9 Å². The van der Waals surface area contributed by atoms with Gasteiger partial charge in [-0.05, 0) is 31.0 Å². The summed E-state index contributed by atoms with van der Waals surface area (Å²) in [5.74, 6) is 0.106. The molecule has 1 amide bonds. The highest BCUT2D eigenvalue weighted by molar-refractivity contribution is 7.80. The number of carbonyl (C=O) groups excluding carboxylic acids is 1. The molecule has 1 atom stereocenters. The largest absolute Gasteiger partial charge is 0.353 e. The van der Waals surface area contributed by atoms with Crippen molar-refractivity contribution in [3.05, 3.63) is 29.8 Å². The van der Waals surface area contributed by atoms with Crippen LogP contribution in [-0.2, 0) is 11.2 Å². The van der Waals surface area contributed by atoms with Crippen molar-refractivity contribution in [2.24, 2.45) is 0 Å². The van der Waals surface area contributed by atoms with E-state index in [9.17, 15) is 4.79 Å². The van der Waals surface area contributed by atoms with E-state index in [1.54, 1.807) is 0 Å². The normalized spacial score (nSPS) is 12.2. The van der Waals surface area contributed by atoms with Crippen LogP contribution in [0.2, 0.25) is 0 Å². The minimum atomic E-state index is 0.106. The lowest BCUT2D eigenvalue weighted by atomic mass is 10.1. The summed E-state index contributed by atoms with van der Waals surface area (Å²) < 4.78 is 0. The average Bonchev–Trinajstić information content (AvgIpc) is 2.37. The van der Waals surface area contributed by atoms with Crippen molar-refractivity contribution in [1.82, 2.24) is 5.32 Å². The third-order valence-corrected chi connectivity index (χ3v) is 3.50. The topological polar surface area (TPSA) is 29.1 Å². The van der Waals surface area contributed by atoms with Crippen LogP contribution in [0.15, 0.2) is 29.2 Å². The van der Waals surface area contributed by atoms with Crippen molar-refractivity contribution >= 4 is 18.5 Å². The predicted molar refractivity (Wildman–Crippen MR) is 83.8 cm³/mol. The summed E-state index contributed by atoms with van der Waals surface area (Å²) in [4.78, 5) is 12.8. The fraction of sp³-hybridized carbons (Fsp3) is 0.562. The molecule has 106 valence electrons. The Balaban J connectivity index is 2.24. The van der Waals surface area contributed by atoms with Crippen LogP contribution in [0.4, 0.5) is 0 Å². The van der Waals surface area contributed by atoms with Crippen LogP contribution in [0.3, 0.4) is 0 Å². The third-order valence-electron chi connectivity index (χ3n) is 3.20. The number of benzene rings is 1. The van der Waals surface area contributed by atoms with E-state index in [2.05, 4.69) is 31.8 Å². The molecule has 0 fully saturated rings. The fourth-order valence-corrected chi connectivity index (χ4v) is 2.22. The summed E-state index contributed by atoms with van der Waals surface area (Å²) in [7, 11) is 0. The Bertz CT molecular complexity index is 375. The predicted octanol–water partition coefficient (Wildman–Crippen LogP) is 3.99. The molecule has 0 saturated heterocycles. The maximum Gasteiger partial charge on any atom is 0.224 e. The van der Waals surface area contributed by atoms with Gasteiger partial charge in [0.25, 0.3) is 0 Å². The maximum absolute atomic E-state index is 11.9. The van der Waals surface area contributed by atoms with Crippen LogP contribution in [-0.4, -0.2) is 11.9 Å². The lowest BCUT2D eigenvalue weighted by Gasteiger charge is -2.13. The molecule has 0 spiro atoms. The minimum Gasteiger partial charge on any atom is -0.353 e. The average molecular weight is 279 g/mol. The maximum atomic E-state index is 11.9. The van der Waals surface area contributed by atoms with Crippen LogP contribution < -0.4 is 5.32 Å². The van der Waals surface area contributed by atoms with Gasteiger partial charge in [0.1, 0.15) is 0 Å². The van der Waals surface area contributed by atoms with Gasteiger partial charge in [0.2, 0.25) is 5.91 Å². The molecule has 0 aliphatic rings. The number of unbranched alkanes of at least 4 members (excludes halogenated alkanes) is 3. The molecule has 0 bridgehead atoms. The van der Waals surface area contributed by atoms with Crippen molar-refractivity contribution in [1.29, 1.82) is 0 Å². The molecule has 1 aromatic carbocycles. The number of thiol groups is 1. The molecule has 19 heavy (non-hydrogen) atoms. The van der Waals surface area contributed by atoms with E-state index < -0.39 is 0 Å². The Morgan fingerprint density at radius 1 is 1.21 bits per heavy atom. The number of amides is 1. The quantitative estimate of drug-likeness (QED) is 0.547. The molecule has 0 aliphatic carbocycles. The number of rotatable bonds is 8. The van der Waals surface area contributed by atoms with Crippen molar-refractivity contribution < 1.29 is 4.79 Å². The Hall–Kier alpha value is -0.960. The van der Waals surface area contributed by atoms with Gasteiger partial charge in [-0.2, -0.15) is 0 Å². The second-order valence-electron chi connectivity index (χ2n) is 5.16. The van der Waals surface area contributed by atoms with Crippen molar-refractivity contribution in [2.45, 2.75) is 63.3 Å². The van der Waals surface area contributed by atoms with Crippen LogP contribution in [0.1, 0.15) is 51.5 Å². The summed E-state index contributed by atoms with van der Waals surface area (Å²) in [5, 5.41) is 3.06. The molecule has 1 unspecified atom stereocenters. The summed E-state index contributed by atoms with van der Waals surface area (Å²) in [6.07, 6.45) is 6.52. The highest BCUT2D eigenvalue weighted by Crippen LogP contribution is 2.09. The highest BCUT2D eigenvalue weighted by atomic mass is 32.1. The second kappa shape index (κ2) is 9.03. The van der Waals surface area contributed by atoms with Crippen molar-refractivity contribution in [3.8, 4) is 0 Å². The standard InChI is InChI=1S/C16H25NOS/c1-3-4-5-6-7-13(2)17-16(18)12-14-8-10-15(19)11-9-14/h8-11,13,19H,3-7,12H2,1-2H3,(H,17,18). The van der Waals surface area contributed by atoms with Gasteiger partial charge < -0.3 is 5.32 Å². The first-order valence-electron chi connectivity index (χ1n) is 7.19. The molecule has 1 N–H and O–H groups in total. The number of nitrogens with one attached hydrogen (secondary N) is 1. The summed E-state index contributed by atoms with van der Waals surface area (Å²) in [5.41, 5.74) is 1.04. The summed E-state index contributed by atoms with van der Waals surface area (Å²) in [6, 6.07) is 8.01. The van der Waals surface area contributed by atoms with Crippen LogP contribution in [0.25, 0.3) is 0 Å². The van der Waals surface area contributed by atoms with Gasteiger partial charge >= 0.3 is 0 Å². The molecule has 2 nitrogen and oxygen atoms in total. The first kappa shape index (κ1) is 16.1. The molecule has 1 aromatic rings. The van der Waals surface area contributed by atoms with Gasteiger partial charge in [-0.3, -0.25) is 4.79 Å². The van der Waals surface area contributed by atoms with E-state index >= 15 is 0 Å². The van der Waals surface area contributed by atoms with E-state index in [1.807, 2.05) is 24.3 Å². The van der Waals surface area contributed by atoms with Crippen molar-refractivity contribution in [3.63, 3.8) is 0 Å². The first-order chi connectivity index (χ1) is 9.11. The molecule has 0 aromatic heterocycles. The van der Waals surface area contributed by atoms with Crippen LogP contribution in [0, 0.1) is 0 Å². The molecule has 0 aliphatic heterocycles. The van der Waals surface area contributed by atoms with E-state index in [-0.39, 0.29) is 11.9 Å². The van der Waals surface area contributed by atoms with Crippen LogP contribution in [0.5, 0.6) is 0 Å². The lowest BCUT2D eigenvalue weighted by molar-refractivity contribution is -0.121. The zero-order valence-electron chi connectivity index (χ0n) is 12.0. The number of hydrogen-bond acceptors (Lipinski definition) is 2. The molecule has 0 radical (unpaired) electrons. The van der Waals surface area contributed by atoms with Crippen LogP contribution >= 0.6 is 12.6 Å². The Morgan fingerprint density at radius 3 is 2.53 bits per heavy atom. The third kappa shape index (κ3) is 7.26. The summed E-state index contributed by atoms with van der Waals surface area (Å²) >= 11 is 4.23. The zero-order valence-corrected chi connectivity index (χ0v) is 12.9. The molecule has 3 heteroatoms. The zero-order chi connectivity index (χ0) is 14.1. The number of hydrogen-bond donors (Lipinski definition) is 2. The Labute approximate surface area is 122 Å². The van der Waals surface area contributed by atoms with E-state index in [0.717, 1.165) is 16.9 Å². The molecule has 1 rings (SSSR count). The van der Waals surface area contributed by atoms with E-state index in [0.29, 0.717) is 6.42 Å². The molecular formula is C16H25NOS. The molecular weight excluding hydrogens is 254 g/mol. The minimum absolute atomic E-state index is 0.106. The lowest BCUT2D eigenvalue weighted by Crippen LogP contribution is -2.33. The highest BCUT2D eigenvalue weighted by Gasteiger charge is 2.07. The van der Waals surface area contributed by atoms with E-state index in [4.69, 9.17) is 0 Å². The smallest absolute Gasteiger partial charge is 0.224 e. The molecule has 0 saturated carbocycles. The van der Waals surface area contributed by atoms with Gasteiger partial charge in [0.15, 0.2) is 0 Å². The Morgan fingerprint density at radius 2 is 1.89 bits per heavy atom. The first-order valence-corrected chi connectivity index (χ1v) is 7.63. The second-order valence-corrected chi connectivity index (χ2v) is 5.68. The summed E-state index contributed by atoms with van der Waals surface area (Å²) in [6.45, 7) is 4.29. The van der Waals surface area contributed by atoms with Gasteiger partial charge in [-0.1, -0.05) is 44.7 Å². The van der Waals surface area contributed by atoms with Crippen molar-refractivity contribution in [2.75, 3.05) is 0 Å². The SMILES string of the molecule is CCCCCCC(C)NC(=O)Cc1ccc(S)cc1. The fourth-order valence-electron chi connectivity index (χ4n) is 2.07.